The molecule has 0 spiro atoms. The standard InChI is InChI=1S/C12H13N3O3S/c1-19(17,18)14-12(16)7-9-15-8-6-10-4-2-3-5-11(10)13-15/h2-6,8H,7,9H2,1H3/p+1. The van der Waals surface area contributed by atoms with Crippen molar-refractivity contribution in [2.24, 2.45) is 0 Å². The molecule has 1 heterocycles. The van der Waals surface area contributed by atoms with E-state index in [4.69, 9.17) is 0 Å². The van der Waals surface area contributed by atoms with E-state index in [1.54, 1.807) is 10.9 Å². The Labute approximate surface area is 111 Å². The molecule has 1 aromatic carbocycles. The number of nitrogens with one attached hydrogen (secondary N) is 1. The lowest BCUT2D eigenvalue weighted by Crippen LogP contribution is -2.40. The van der Waals surface area contributed by atoms with Gasteiger partial charge in [0.05, 0.1) is 12.7 Å². The maximum Gasteiger partial charge on any atom is 0.239 e. The molecule has 0 aliphatic rings. The average molecular weight is 280 g/mol. The summed E-state index contributed by atoms with van der Waals surface area (Å²) < 4.78 is 25.3. The zero-order chi connectivity index (χ0) is 13.9. The van der Waals surface area contributed by atoms with Gasteiger partial charge >= 0.3 is 0 Å². The first kappa shape index (κ1) is 13.4. The van der Waals surface area contributed by atoms with Gasteiger partial charge in [-0.15, -0.1) is 0 Å². The molecule has 0 aliphatic heterocycles. The van der Waals surface area contributed by atoms with Crippen LogP contribution in [0.25, 0.3) is 10.9 Å². The average Bonchev–Trinajstić information content (AvgIpc) is 2.34. The third-order valence-electron chi connectivity index (χ3n) is 2.47. The number of fused-ring (bicyclic) bond motifs is 1. The Kier molecular flexibility index (Phi) is 3.75. The Morgan fingerprint density at radius 1 is 1.32 bits per heavy atom. The van der Waals surface area contributed by atoms with Crippen LogP contribution in [0, 0.1) is 0 Å². The Hall–Kier alpha value is -2.02. The van der Waals surface area contributed by atoms with Crippen LogP contribution >= 0.6 is 0 Å². The molecule has 0 aliphatic carbocycles. The van der Waals surface area contributed by atoms with Gasteiger partial charge in [-0.05, 0) is 6.07 Å². The van der Waals surface area contributed by atoms with Gasteiger partial charge in [0.2, 0.25) is 15.9 Å². The van der Waals surface area contributed by atoms with Crippen molar-refractivity contribution in [3.63, 3.8) is 0 Å². The van der Waals surface area contributed by atoms with E-state index in [9.17, 15) is 13.2 Å². The van der Waals surface area contributed by atoms with Crippen LogP contribution in [0.4, 0.5) is 0 Å². The molecule has 2 aromatic rings. The number of aromatic nitrogens is 2. The quantitative estimate of drug-likeness (QED) is 0.799. The number of benzene rings is 1. The molecule has 0 unspecified atom stereocenters. The molecule has 0 radical (unpaired) electrons. The van der Waals surface area contributed by atoms with E-state index in [2.05, 4.69) is 5.10 Å². The van der Waals surface area contributed by atoms with Crippen molar-refractivity contribution in [2.45, 2.75) is 13.0 Å². The van der Waals surface area contributed by atoms with E-state index in [0.717, 1.165) is 17.2 Å². The molecule has 7 heteroatoms. The molecule has 0 saturated carbocycles. The number of hydrogen-bond donors (Lipinski definition) is 1. The van der Waals surface area contributed by atoms with Gasteiger partial charge in [-0.2, -0.15) is 0 Å². The fourth-order valence-electron chi connectivity index (χ4n) is 1.66. The van der Waals surface area contributed by atoms with Crippen LogP contribution in [0.15, 0.2) is 36.5 Å². The van der Waals surface area contributed by atoms with Crippen LogP contribution in [-0.2, 0) is 21.4 Å². The lowest BCUT2D eigenvalue weighted by molar-refractivity contribution is -0.750. The maximum absolute atomic E-state index is 11.4. The van der Waals surface area contributed by atoms with Crippen molar-refractivity contribution in [3.8, 4) is 0 Å². The van der Waals surface area contributed by atoms with Gasteiger partial charge < -0.3 is 0 Å². The van der Waals surface area contributed by atoms with E-state index in [0.29, 0.717) is 6.54 Å². The van der Waals surface area contributed by atoms with Crippen LogP contribution in [0.2, 0.25) is 0 Å². The van der Waals surface area contributed by atoms with E-state index >= 15 is 0 Å². The number of rotatable bonds is 4. The summed E-state index contributed by atoms with van der Waals surface area (Å²) in [4.78, 5) is 11.4. The fraction of sp³-hybridized carbons (Fsp3) is 0.250. The summed E-state index contributed by atoms with van der Waals surface area (Å²) in [5, 5.41) is 5.34. The molecule has 1 amide bonds. The van der Waals surface area contributed by atoms with E-state index in [1.807, 2.05) is 35.1 Å². The summed E-state index contributed by atoms with van der Waals surface area (Å²) in [6, 6.07) is 9.53. The predicted molar refractivity (Wildman–Crippen MR) is 69.5 cm³/mol. The first-order valence-electron chi connectivity index (χ1n) is 5.70. The Bertz CT molecular complexity index is 713. The molecule has 0 bridgehead atoms. The predicted octanol–water partition coefficient (Wildman–Crippen LogP) is -0.0118. The second-order valence-corrected chi connectivity index (χ2v) is 5.93. The van der Waals surface area contributed by atoms with Crippen molar-refractivity contribution >= 4 is 26.8 Å². The van der Waals surface area contributed by atoms with Crippen molar-refractivity contribution < 1.29 is 17.9 Å². The first-order chi connectivity index (χ1) is 8.94. The summed E-state index contributed by atoms with van der Waals surface area (Å²) in [7, 11) is -3.49. The summed E-state index contributed by atoms with van der Waals surface area (Å²) in [6.45, 7) is 0.326. The largest absolute Gasteiger partial charge is 0.274 e. The second-order valence-electron chi connectivity index (χ2n) is 4.19. The summed E-state index contributed by atoms with van der Waals surface area (Å²) >= 11 is 0. The minimum Gasteiger partial charge on any atom is -0.274 e. The number of amides is 1. The second kappa shape index (κ2) is 5.31. The van der Waals surface area contributed by atoms with Crippen LogP contribution in [0.3, 0.4) is 0 Å². The van der Waals surface area contributed by atoms with Gasteiger partial charge in [0.15, 0.2) is 12.7 Å². The van der Waals surface area contributed by atoms with Gasteiger partial charge in [-0.1, -0.05) is 22.9 Å². The summed E-state index contributed by atoms with van der Waals surface area (Å²) in [5.41, 5.74) is 0.827. The normalized spacial score (nSPS) is 11.4. The number of carbonyl (C=O) groups excluding carboxylic acids is 1. The Morgan fingerprint density at radius 2 is 2.05 bits per heavy atom. The van der Waals surface area contributed by atoms with Crippen molar-refractivity contribution in [1.29, 1.82) is 0 Å². The highest BCUT2D eigenvalue weighted by molar-refractivity contribution is 7.89. The zero-order valence-electron chi connectivity index (χ0n) is 10.4. The van der Waals surface area contributed by atoms with Gasteiger partial charge in [-0.3, -0.25) is 9.52 Å². The van der Waals surface area contributed by atoms with Gasteiger partial charge in [0, 0.05) is 16.6 Å². The van der Waals surface area contributed by atoms with Crippen molar-refractivity contribution in [3.05, 3.63) is 36.5 Å². The molecule has 1 N–H and O–H groups in total. The van der Waals surface area contributed by atoms with Crippen molar-refractivity contribution in [2.75, 3.05) is 6.26 Å². The number of nitrogens with zero attached hydrogens (tertiary/aromatic N) is 2. The first-order valence-corrected chi connectivity index (χ1v) is 7.59. The number of carbonyl (C=O) groups is 1. The molecule has 0 atom stereocenters. The van der Waals surface area contributed by atoms with Crippen LogP contribution in [-0.4, -0.2) is 25.7 Å². The third kappa shape index (κ3) is 3.99. The SMILES string of the molecule is CS(=O)(=O)NC(=O)CC[n+]1ccc2ccccc2n1. The molecule has 100 valence electrons. The highest BCUT2D eigenvalue weighted by Gasteiger charge is 2.12. The van der Waals surface area contributed by atoms with Crippen molar-refractivity contribution in [1.82, 2.24) is 9.82 Å². The molecular formula is C12H14N3O3S+. The van der Waals surface area contributed by atoms with Crippen LogP contribution in [0.5, 0.6) is 0 Å². The van der Waals surface area contributed by atoms with Gasteiger partial charge in [0.25, 0.3) is 0 Å². The molecular weight excluding hydrogens is 266 g/mol. The number of aryl methyl sites for hydroxylation is 1. The molecule has 1 aromatic heterocycles. The lowest BCUT2D eigenvalue weighted by atomic mass is 10.2. The monoisotopic (exact) mass is 280 g/mol. The topological polar surface area (TPSA) is 80.0 Å². The molecule has 0 saturated heterocycles. The number of sulfonamides is 1. The minimum absolute atomic E-state index is 0.0586. The number of hydrogen-bond acceptors (Lipinski definition) is 4. The minimum atomic E-state index is -3.49. The highest BCUT2D eigenvalue weighted by Crippen LogP contribution is 2.06. The molecule has 19 heavy (non-hydrogen) atoms. The third-order valence-corrected chi connectivity index (χ3v) is 3.06. The van der Waals surface area contributed by atoms with Crippen LogP contribution in [0.1, 0.15) is 6.42 Å². The van der Waals surface area contributed by atoms with E-state index in [1.165, 1.54) is 0 Å². The summed E-state index contributed by atoms with van der Waals surface area (Å²) in [5.74, 6) is -0.537. The van der Waals surface area contributed by atoms with E-state index < -0.39 is 15.9 Å². The summed E-state index contributed by atoms with van der Waals surface area (Å²) in [6.07, 6.45) is 2.77. The van der Waals surface area contributed by atoms with E-state index in [-0.39, 0.29) is 6.42 Å². The lowest BCUT2D eigenvalue weighted by Gasteiger charge is -2.00. The molecule has 2 rings (SSSR count). The Morgan fingerprint density at radius 3 is 2.79 bits per heavy atom. The van der Waals surface area contributed by atoms with Gasteiger partial charge in [-0.25, -0.2) is 8.42 Å². The maximum atomic E-state index is 11.4. The molecule has 6 nitrogen and oxygen atoms in total. The van der Waals surface area contributed by atoms with Gasteiger partial charge in [0.1, 0.15) is 5.52 Å². The molecule has 0 fully saturated rings. The highest BCUT2D eigenvalue weighted by atomic mass is 32.2. The Balaban J connectivity index is 2.04. The smallest absolute Gasteiger partial charge is 0.239 e. The van der Waals surface area contributed by atoms with Crippen LogP contribution < -0.4 is 9.40 Å². The zero-order valence-corrected chi connectivity index (χ0v) is 11.2. The fourth-order valence-corrected chi connectivity index (χ4v) is 2.17.